The van der Waals surface area contributed by atoms with Crippen LogP contribution in [0.5, 0.6) is 0 Å². The van der Waals surface area contributed by atoms with Crippen LogP contribution in [-0.4, -0.2) is 25.0 Å². The molecule has 18 heavy (non-hydrogen) atoms. The molecule has 0 unspecified atom stereocenters. The molecule has 0 radical (unpaired) electrons. The smallest absolute Gasteiger partial charge is 0.00219 e. The summed E-state index contributed by atoms with van der Waals surface area (Å²) in [6, 6.07) is 0. The second kappa shape index (κ2) is 17.2. The van der Waals surface area contributed by atoms with E-state index in [4.69, 9.17) is 0 Å². The summed E-state index contributed by atoms with van der Waals surface area (Å²) >= 11 is 0. The molecule has 112 valence electrons. The van der Waals surface area contributed by atoms with E-state index in [1.54, 1.807) is 0 Å². The van der Waals surface area contributed by atoms with E-state index in [1.807, 2.05) is 0 Å². The second-order valence-corrected chi connectivity index (χ2v) is 5.43. The maximum atomic E-state index is 2.41. The topological polar surface area (TPSA) is 3.24 Å². The maximum Gasteiger partial charge on any atom is -0.00219 e. The highest BCUT2D eigenvalue weighted by atomic mass is 35.5. The van der Waals surface area contributed by atoms with Gasteiger partial charge >= 0.3 is 0 Å². The molecule has 0 aliphatic rings. The third-order valence-electron chi connectivity index (χ3n) is 3.68. The lowest BCUT2D eigenvalue weighted by Gasteiger charge is -2.12. The Morgan fingerprint density at radius 1 is 0.611 bits per heavy atom. The number of rotatable bonds is 13. The van der Waals surface area contributed by atoms with Crippen LogP contribution in [0.2, 0.25) is 0 Å². The molecule has 0 aromatic heterocycles. The van der Waals surface area contributed by atoms with Gasteiger partial charge in [-0.2, -0.15) is 0 Å². The van der Waals surface area contributed by atoms with E-state index in [9.17, 15) is 0 Å². The highest BCUT2D eigenvalue weighted by molar-refractivity contribution is 5.85. The van der Waals surface area contributed by atoms with Gasteiger partial charge in [0.15, 0.2) is 0 Å². The van der Waals surface area contributed by atoms with Crippen molar-refractivity contribution in [1.29, 1.82) is 0 Å². The van der Waals surface area contributed by atoms with Gasteiger partial charge in [0.05, 0.1) is 0 Å². The summed E-state index contributed by atoms with van der Waals surface area (Å²) < 4.78 is 0. The first-order valence-electron chi connectivity index (χ1n) is 7.99. The summed E-state index contributed by atoms with van der Waals surface area (Å²) in [5.41, 5.74) is 0. The quantitative estimate of drug-likeness (QED) is 0.392. The number of nitrogens with zero attached hydrogens (tertiary/aromatic N) is 1. The van der Waals surface area contributed by atoms with Gasteiger partial charge in [-0.3, -0.25) is 0 Å². The van der Waals surface area contributed by atoms with Crippen LogP contribution in [0.4, 0.5) is 0 Å². The van der Waals surface area contributed by atoms with Crippen molar-refractivity contribution in [3.63, 3.8) is 0 Å². The molecule has 0 aliphatic heterocycles. The van der Waals surface area contributed by atoms with Gasteiger partial charge in [-0.25, -0.2) is 0 Å². The van der Waals surface area contributed by atoms with Crippen LogP contribution in [0, 0.1) is 0 Å². The van der Waals surface area contributed by atoms with Gasteiger partial charge in [0.25, 0.3) is 0 Å². The van der Waals surface area contributed by atoms with Gasteiger partial charge in [-0.05, 0) is 26.6 Å². The van der Waals surface area contributed by atoms with E-state index in [0.717, 1.165) is 0 Å². The Kier molecular flexibility index (Phi) is 19.7. The van der Waals surface area contributed by atoms with Gasteiger partial charge < -0.3 is 4.90 Å². The van der Waals surface area contributed by atoms with E-state index in [1.165, 1.54) is 83.7 Å². The average molecular weight is 278 g/mol. The summed E-state index contributed by atoms with van der Waals surface area (Å²) in [6.45, 7) is 7.00. The standard InChI is InChI=1S/C16H35N.ClH/c1-4-6-7-8-9-10-11-12-13-14-15-16-17(3)5-2;/h4-16H2,1-3H3;1H. The monoisotopic (exact) mass is 277 g/mol. The molecular weight excluding hydrogens is 242 g/mol. The van der Waals surface area contributed by atoms with Crippen molar-refractivity contribution in [2.24, 2.45) is 0 Å². The third-order valence-corrected chi connectivity index (χ3v) is 3.68. The van der Waals surface area contributed by atoms with Crippen LogP contribution in [0.15, 0.2) is 0 Å². The highest BCUT2D eigenvalue weighted by Crippen LogP contribution is 2.11. The van der Waals surface area contributed by atoms with Gasteiger partial charge in [-0.1, -0.05) is 78.1 Å². The predicted octanol–water partition coefficient (Wildman–Crippen LogP) is 5.67. The molecule has 0 rings (SSSR count). The largest absolute Gasteiger partial charge is 0.307 e. The summed E-state index contributed by atoms with van der Waals surface area (Å²) in [7, 11) is 2.22. The lowest BCUT2D eigenvalue weighted by molar-refractivity contribution is 0.340. The van der Waals surface area contributed by atoms with Crippen LogP contribution < -0.4 is 0 Å². The Balaban J connectivity index is 0. The summed E-state index contributed by atoms with van der Waals surface area (Å²) in [5, 5.41) is 0. The van der Waals surface area contributed by atoms with Crippen molar-refractivity contribution in [3.8, 4) is 0 Å². The van der Waals surface area contributed by atoms with Crippen molar-refractivity contribution in [1.82, 2.24) is 4.90 Å². The van der Waals surface area contributed by atoms with E-state index in [2.05, 4.69) is 25.8 Å². The van der Waals surface area contributed by atoms with Crippen molar-refractivity contribution in [3.05, 3.63) is 0 Å². The number of unbranched alkanes of at least 4 members (excludes halogenated alkanes) is 10. The summed E-state index contributed by atoms with van der Waals surface area (Å²) in [5.74, 6) is 0. The molecule has 0 amide bonds. The van der Waals surface area contributed by atoms with E-state index >= 15 is 0 Å². The minimum Gasteiger partial charge on any atom is -0.307 e. The molecular formula is C16H36ClN. The van der Waals surface area contributed by atoms with E-state index in [-0.39, 0.29) is 12.4 Å². The van der Waals surface area contributed by atoms with Gasteiger partial charge in [0.1, 0.15) is 0 Å². The predicted molar refractivity (Wildman–Crippen MR) is 86.9 cm³/mol. The molecule has 0 heterocycles. The zero-order valence-corrected chi connectivity index (χ0v) is 13.9. The lowest BCUT2D eigenvalue weighted by Crippen LogP contribution is -2.18. The Hall–Kier alpha value is 0.250. The molecule has 0 aliphatic carbocycles. The van der Waals surface area contributed by atoms with Crippen LogP contribution >= 0.6 is 12.4 Å². The molecule has 0 N–H and O–H groups in total. The average Bonchev–Trinajstić information content (AvgIpc) is 2.35. The van der Waals surface area contributed by atoms with Crippen LogP contribution in [0.1, 0.15) is 84.5 Å². The number of hydrogen-bond acceptors (Lipinski definition) is 1. The molecule has 2 heteroatoms. The molecule has 0 atom stereocenters. The zero-order chi connectivity index (χ0) is 12.8. The number of halogens is 1. The maximum absolute atomic E-state index is 2.41. The zero-order valence-electron chi connectivity index (χ0n) is 13.0. The summed E-state index contributed by atoms with van der Waals surface area (Å²) in [6.07, 6.45) is 15.9. The fourth-order valence-electron chi connectivity index (χ4n) is 2.20. The van der Waals surface area contributed by atoms with E-state index < -0.39 is 0 Å². The molecule has 0 saturated heterocycles. The minimum atomic E-state index is 0. The van der Waals surface area contributed by atoms with Crippen LogP contribution in [0.3, 0.4) is 0 Å². The Labute approximate surface area is 122 Å². The molecule has 0 bridgehead atoms. The Morgan fingerprint density at radius 3 is 1.39 bits per heavy atom. The van der Waals surface area contributed by atoms with Gasteiger partial charge in [0.2, 0.25) is 0 Å². The number of hydrogen-bond donors (Lipinski definition) is 0. The van der Waals surface area contributed by atoms with Crippen molar-refractivity contribution >= 4 is 12.4 Å². The van der Waals surface area contributed by atoms with Crippen LogP contribution in [0.25, 0.3) is 0 Å². The molecule has 1 nitrogen and oxygen atoms in total. The summed E-state index contributed by atoms with van der Waals surface area (Å²) in [4.78, 5) is 2.41. The lowest BCUT2D eigenvalue weighted by atomic mass is 10.1. The highest BCUT2D eigenvalue weighted by Gasteiger charge is 1.95. The molecule has 0 fully saturated rings. The fraction of sp³-hybridized carbons (Fsp3) is 1.00. The third kappa shape index (κ3) is 16.2. The van der Waals surface area contributed by atoms with Crippen molar-refractivity contribution in [2.45, 2.75) is 84.5 Å². The minimum absolute atomic E-state index is 0. The van der Waals surface area contributed by atoms with Crippen LogP contribution in [-0.2, 0) is 0 Å². The fourth-order valence-corrected chi connectivity index (χ4v) is 2.20. The van der Waals surface area contributed by atoms with Crippen molar-refractivity contribution < 1.29 is 0 Å². The Bertz CT molecular complexity index is 139. The normalized spacial score (nSPS) is 10.7. The van der Waals surface area contributed by atoms with E-state index in [0.29, 0.717) is 0 Å². The SMILES string of the molecule is CCCCCCCCCCCCCN(C)CC.Cl. The molecule has 0 saturated carbocycles. The van der Waals surface area contributed by atoms with Gasteiger partial charge in [-0.15, -0.1) is 12.4 Å². The van der Waals surface area contributed by atoms with Gasteiger partial charge in [0, 0.05) is 0 Å². The molecule has 0 spiro atoms. The first-order chi connectivity index (χ1) is 8.31. The second-order valence-electron chi connectivity index (χ2n) is 5.43. The first-order valence-corrected chi connectivity index (χ1v) is 7.99. The first kappa shape index (κ1) is 20.6. The molecule has 0 aromatic carbocycles. The Morgan fingerprint density at radius 2 is 1.00 bits per heavy atom. The van der Waals surface area contributed by atoms with Crippen molar-refractivity contribution in [2.75, 3.05) is 20.1 Å². The molecule has 0 aromatic rings.